The van der Waals surface area contributed by atoms with Crippen LogP contribution in [0.1, 0.15) is 40.0 Å². The van der Waals surface area contributed by atoms with Gasteiger partial charge in [0.05, 0.1) is 11.1 Å². The Morgan fingerprint density at radius 2 is 2.22 bits per heavy atom. The lowest BCUT2D eigenvalue weighted by Crippen LogP contribution is -2.56. The number of amides is 1. The van der Waals surface area contributed by atoms with Gasteiger partial charge in [-0.05, 0) is 46.6 Å². The van der Waals surface area contributed by atoms with Crippen LogP contribution in [0.5, 0.6) is 0 Å². The SMILES string of the molecule is COC1(C)CCCN(C(C)CC(C)(N)C(N)=O)C1. The van der Waals surface area contributed by atoms with Crippen molar-refractivity contribution in [2.45, 2.75) is 57.2 Å². The van der Waals surface area contributed by atoms with Crippen LogP contribution in [0.3, 0.4) is 0 Å². The molecule has 1 amide bonds. The van der Waals surface area contributed by atoms with Gasteiger partial charge in [0, 0.05) is 19.7 Å². The maximum absolute atomic E-state index is 11.3. The first-order valence-electron chi connectivity index (χ1n) is 6.58. The van der Waals surface area contributed by atoms with Gasteiger partial charge < -0.3 is 16.2 Å². The second-order valence-corrected chi connectivity index (χ2v) is 6.06. The van der Waals surface area contributed by atoms with E-state index < -0.39 is 11.4 Å². The highest BCUT2D eigenvalue weighted by Gasteiger charge is 2.36. The summed E-state index contributed by atoms with van der Waals surface area (Å²) in [6.45, 7) is 7.82. The van der Waals surface area contributed by atoms with Gasteiger partial charge in [0.15, 0.2) is 0 Å². The minimum absolute atomic E-state index is 0.0930. The van der Waals surface area contributed by atoms with Gasteiger partial charge in [0.2, 0.25) is 5.91 Å². The van der Waals surface area contributed by atoms with Crippen molar-refractivity contribution >= 4 is 5.91 Å². The van der Waals surface area contributed by atoms with Gasteiger partial charge in [0.1, 0.15) is 0 Å². The molecule has 4 N–H and O–H groups in total. The van der Waals surface area contributed by atoms with Crippen LogP contribution in [-0.4, -0.2) is 48.2 Å². The fourth-order valence-corrected chi connectivity index (χ4v) is 2.63. The number of hydrogen-bond acceptors (Lipinski definition) is 4. The number of likely N-dealkylation sites (tertiary alicyclic amines) is 1. The van der Waals surface area contributed by atoms with E-state index in [9.17, 15) is 4.79 Å². The number of carbonyl (C=O) groups is 1. The topological polar surface area (TPSA) is 81.6 Å². The van der Waals surface area contributed by atoms with E-state index in [-0.39, 0.29) is 11.6 Å². The smallest absolute Gasteiger partial charge is 0.237 e. The van der Waals surface area contributed by atoms with Gasteiger partial charge >= 0.3 is 0 Å². The average Bonchev–Trinajstić information content (AvgIpc) is 2.28. The number of primary amides is 1. The maximum Gasteiger partial charge on any atom is 0.237 e. The molecular weight excluding hydrogens is 230 g/mol. The number of rotatable bonds is 5. The van der Waals surface area contributed by atoms with Gasteiger partial charge in [-0.25, -0.2) is 0 Å². The standard InChI is InChI=1S/C13H27N3O2/c1-10(8-13(3,15)11(14)17)16-7-5-6-12(2,9-16)18-4/h10H,5-9,15H2,1-4H3,(H2,14,17). The van der Waals surface area contributed by atoms with Crippen LogP contribution in [0.25, 0.3) is 0 Å². The number of hydrogen-bond donors (Lipinski definition) is 2. The summed E-state index contributed by atoms with van der Waals surface area (Å²) in [6, 6.07) is 0.224. The van der Waals surface area contributed by atoms with Crippen molar-refractivity contribution in [2.75, 3.05) is 20.2 Å². The fraction of sp³-hybridized carbons (Fsp3) is 0.923. The second kappa shape index (κ2) is 5.55. The summed E-state index contributed by atoms with van der Waals surface area (Å²) < 4.78 is 5.57. The van der Waals surface area contributed by atoms with Crippen molar-refractivity contribution in [1.29, 1.82) is 0 Å². The van der Waals surface area contributed by atoms with Crippen molar-refractivity contribution in [1.82, 2.24) is 4.90 Å². The molecule has 1 heterocycles. The van der Waals surface area contributed by atoms with Gasteiger partial charge in [-0.15, -0.1) is 0 Å². The third-order valence-electron chi connectivity index (χ3n) is 4.09. The number of nitrogens with two attached hydrogens (primary N) is 2. The van der Waals surface area contributed by atoms with Crippen LogP contribution in [0.2, 0.25) is 0 Å². The van der Waals surface area contributed by atoms with Crippen LogP contribution in [0.15, 0.2) is 0 Å². The van der Waals surface area contributed by atoms with Crippen molar-refractivity contribution in [3.8, 4) is 0 Å². The molecule has 0 aromatic carbocycles. The first-order chi connectivity index (χ1) is 8.20. The normalized spacial score (nSPS) is 30.7. The van der Waals surface area contributed by atoms with E-state index in [0.717, 1.165) is 25.9 Å². The van der Waals surface area contributed by atoms with E-state index in [1.54, 1.807) is 14.0 Å². The summed E-state index contributed by atoms with van der Waals surface area (Å²) in [4.78, 5) is 13.6. The zero-order valence-corrected chi connectivity index (χ0v) is 12.0. The minimum atomic E-state index is -0.944. The van der Waals surface area contributed by atoms with Crippen LogP contribution in [0, 0.1) is 0 Å². The monoisotopic (exact) mass is 257 g/mol. The fourth-order valence-electron chi connectivity index (χ4n) is 2.63. The van der Waals surface area contributed by atoms with Gasteiger partial charge in [-0.2, -0.15) is 0 Å². The summed E-state index contributed by atoms with van der Waals surface area (Å²) in [7, 11) is 1.75. The van der Waals surface area contributed by atoms with E-state index in [4.69, 9.17) is 16.2 Å². The van der Waals surface area contributed by atoms with Gasteiger partial charge in [-0.1, -0.05) is 0 Å². The molecule has 0 bridgehead atoms. The lowest BCUT2D eigenvalue weighted by Gasteiger charge is -2.43. The molecule has 1 saturated heterocycles. The molecule has 106 valence electrons. The summed E-state index contributed by atoms with van der Waals surface area (Å²) in [6.07, 6.45) is 2.75. The third kappa shape index (κ3) is 3.67. The average molecular weight is 257 g/mol. The Labute approximate surface area is 110 Å². The van der Waals surface area contributed by atoms with E-state index in [1.807, 2.05) is 0 Å². The van der Waals surface area contributed by atoms with Crippen LogP contribution in [-0.2, 0) is 9.53 Å². The molecule has 1 aliphatic rings. The summed E-state index contributed by atoms with van der Waals surface area (Å²) in [5, 5.41) is 0. The molecule has 1 rings (SSSR count). The summed E-state index contributed by atoms with van der Waals surface area (Å²) in [5.74, 6) is -0.444. The molecule has 0 saturated carbocycles. The summed E-state index contributed by atoms with van der Waals surface area (Å²) >= 11 is 0. The Morgan fingerprint density at radius 3 is 2.72 bits per heavy atom. The molecule has 3 atom stereocenters. The Kier molecular flexibility index (Phi) is 4.75. The number of ether oxygens (including phenoxy) is 1. The zero-order valence-electron chi connectivity index (χ0n) is 12.0. The molecule has 18 heavy (non-hydrogen) atoms. The molecule has 5 heteroatoms. The Morgan fingerprint density at radius 1 is 1.61 bits per heavy atom. The maximum atomic E-state index is 11.3. The largest absolute Gasteiger partial charge is 0.377 e. The molecule has 1 aliphatic heterocycles. The molecule has 0 aromatic rings. The predicted octanol–water partition coefficient (Wildman–Crippen LogP) is 0.469. The Balaban J connectivity index is 2.62. The molecule has 5 nitrogen and oxygen atoms in total. The first kappa shape index (κ1) is 15.4. The molecule has 0 aliphatic carbocycles. The number of piperidine rings is 1. The molecule has 3 unspecified atom stereocenters. The van der Waals surface area contributed by atoms with Gasteiger partial charge in [-0.3, -0.25) is 9.69 Å². The molecule has 1 fully saturated rings. The molecule has 0 aromatic heterocycles. The van der Waals surface area contributed by atoms with E-state index in [0.29, 0.717) is 6.42 Å². The predicted molar refractivity (Wildman–Crippen MR) is 72.1 cm³/mol. The number of nitrogens with zero attached hydrogens (tertiary/aromatic N) is 1. The van der Waals surface area contributed by atoms with Crippen molar-refractivity contribution < 1.29 is 9.53 Å². The zero-order chi connectivity index (χ0) is 14.0. The summed E-state index contributed by atoms with van der Waals surface area (Å²) in [5.41, 5.74) is 10.2. The highest BCUT2D eigenvalue weighted by Crippen LogP contribution is 2.26. The van der Waals surface area contributed by atoms with Crippen molar-refractivity contribution in [3.63, 3.8) is 0 Å². The highest BCUT2D eigenvalue weighted by molar-refractivity contribution is 5.83. The highest BCUT2D eigenvalue weighted by atomic mass is 16.5. The second-order valence-electron chi connectivity index (χ2n) is 6.06. The molecule has 0 spiro atoms. The van der Waals surface area contributed by atoms with Crippen LogP contribution < -0.4 is 11.5 Å². The minimum Gasteiger partial charge on any atom is -0.377 e. The third-order valence-corrected chi connectivity index (χ3v) is 4.09. The number of methoxy groups -OCH3 is 1. The van der Waals surface area contributed by atoms with Crippen molar-refractivity contribution in [2.24, 2.45) is 11.5 Å². The van der Waals surface area contributed by atoms with Gasteiger partial charge in [0.25, 0.3) is 0 Å². The van der Waals surface area contributed by atoms with E-state index in [2.05, 4.69) is 18.7 Å². The van der Waals surface area contributed by atoms with E-state index >= 15 is 0 Å². The lowest BCUT2D eigenvalue weighted by molar-refractivity contribution is -0.123. The quantitative estimate of drug-likeness (QED) is 0.750. The number of carbonyl (C=O) groups excluding carboxylic acids is 1. The molecule has 0 radical (unpaired) electrons. The van der Waals surface area contributed by atoms with Crippen molar-refractivity contribution in [3.05, 3.63) is 0 Å². The van der Waals surface area contributed by atoms with E-state index in [1.165, 1.54) is 0 Å². The lowest BCUT2D eigenvalue weighted by atomic mass is 9.89. The Bertz CT molecular complexity index is 307. The van der Waals surface area contributed by atoms with Crippen LogP contribution in [0.4, 0.5) is 0 Å². The molecular formula is C13H27N3O2. The van der Waals surface area contributed by atoms with Crippen LogP contribution >= 0.6 is 0 Å². The Hall–Kier alpha value is -0.650. The first-order valence-corrected chi connectivity index (χ1v) is 6.58.